The Morgan fingerprint density at radius 1 is 1.20 bits per heavy atom. The Balaban J connectivity index is 2.08. The molecule has 1 heterocycles. The minimum atomic E-state index is -0.228. The molecule has 6 heteroatoms. The number of nitrogens with zero attached hydrogens (tertiary/aromatic N) is 2. The van der Waals surface area contributed by atoms with E-state index in [1.807, 2.05) is 37.3 Å². The summed E-state index contributed by atoms with van der Waals surface area (Å²) in [7, 11) is 0. The van der Waals surface area contributed by atoms with Gasteiger partial charge in [0.1, 0.15) is 5.75 Å². The first kappa shape index (κ1) is 17.9. The molecule has 1 aromatic heterocycles. The van der Waals surface area contributed by atoms with Gasteiger partial charge in [-0.1, -0.05) is 34.2 Å². The zero-order chi connectivity index (χ0) is 17.8. The van der Waals surface area contributed by atoms with Gasteiger partial charge in [0.05, 0.1) is 16.8 Å². The SMILES string of the molecule is CCCn1c(=NC(=O)c2ccc(Br)cc2)sc2cc(OCC)ccc21. The highest BCUT2D eigenvalue weighted by atomic mass is 79.9. The molecule has 0 unspecified atom stereocenters. The van der Waals surface area contributed by atoms with Crippen LogP contribution >= 0.6 is 27.3 Å². The van der Waals surface area contributed by atoms with Gasteiger partial charge in [-0.25, -0.2) is 0 Å². The van der Waals surface area contributed by atoms with Crippen LogP contribution < -0.4 is 9.54 Å². The number of aromatic nitrogens is 1. The summed E-state index contributed by atoms with van der Waals surface area (Å²) in [5.74, 6) is 0.611. The molecule has 0 fully saturated rings. The van der Waals surface area contributed by atoms with Crippen molar-refractivity contribution >= 4 is 43.4 Å². The smallest absolute Gasteiger partial charge is 0.279 e. The molecular formula is C19H19BrN2O2S. The normalized spacial score (nSPS) is 11.9. The second-order valence-electron chi connectivity index (χ2n) is 5.52. The average Bonchev–Trinajstić information content (AvgIpc) is 2.93. The first-order valence-electron chi connectivity index (χ1n) is 8.23. The number of fused-ring (bicyclic) bond motifs is 1. The first-order chi connectivity index (χ1) is 12.1. The second-order valence-corrected chi connectivity index (χ2v) is 7.45. The molecular weight excluding hydrogens is 400 g/mol. The lowest BCUT2D eigenvalue weighted by atomic mass is 10.2. The second kappa shape index (κ2) is 7.97. The van der Waals surface area contributed by atoms with Crippen LogP contribution in [0.4, 0.5) is 0 Å². The molecule has 3 rings (SSSR count). The van der Waals surface area contributed by atoms with Crippen LogP contribution in [0.3, 0.4) is 0 Å². The van der Waals surface area contributed by atoms with Crippen molar-refractivity contribution < 1.29 is 9.53 Å². The number of amides is 1. The van der Waals surface area contributed by atoms with Gasteiger partial charge < -0.3 is 9.30 Å². The maximum Gasteiger partial charge on any atom is 0.279 e. The molecule has 0 N–H and O–H groups in total. The predicted molar refractivity (Wildman–Crippen MR) is 105 cm³/mol. The van der Waals surface area contributed by atoms with E-state index in [9.17, 15) is 4.79 Å². The highest BCUT2D eigenvalue weighted by Gasteiger charge is 2.10. The number of halogens is 1. The Morgan fingerprint density at radius 3 is 2.64 bits per heavy atom. The van der Waals surface area contributed by atoms with Crippen LogP contribution in [0.15, 0.2) is 51.9 Å². The Labute approximate surface area is 158 Å². The summed E-state index contributed by atoms with van der Waals surface area (Å²) in [6, 6.07) is 13.3. The predicted octanol–water partition coefficient (Wildman–Crippen LogP) is 5.02. The summed E-state index contributed by atoms with van der Waals surface area (Å²) >= 11 is 4.90. The van der Waals surface area contributed by atoms with Crippen LogP contribution in [0.1, 0.15) is 30.6 Å². The number of rotatable bonds is 5. The molecule has 25 heavy (non-hydrogen) atoms. The van der Waals surface area contributed by atoms with Crippen LogP contribution in [0, 0.1) is 0 Å². The molecule has 0 radical (unpaired) electrons. The zero-order valence-corrected chi connectivity index (χ0v) is 16.6. The van der Waals surface area contributed by atoms with E-state index < -0.39 is 0 Å². The molecule has 4 nitrogen and oxygen atoms in total. The number of carbonyl (C=O) groups excluding carboxylic acids is 1. The van der Waals surface area contributed by atoms with Crippen LogP contribution in [0.25, 0.3) is 10.2 Å². The van der Waals surface area contributed by atoms with Gasteiger partial charge >= 0.3 is 0 Å². The number of aryl methyl sites for hydroxylation is 1. The molecule has 0 atom stereocenters. The fraction of sp³-hybridized carbons (Fsp3) is 0.263. The Bertz CT molecular complexity index is 958. The maximum atomic E-state index is 12.5. The highest BCUT2D eigenvalue weighted by molar-refractivity contribution is 9.10. The maximum absolute atomic E-state index is 12.5. The average molecular weight is 419 g/mol. The van der Waals surface area contributed by atoms with E-state index in [0.717, 1.165) is 38.2 Å². The summed E-state index contributed by atoms with van der Waals surface area (Å²) < 4.78 is 9.70. The Hall–Kier alpha value is -1.92. The van der Waals surface area contributed by atoms with Crippen molar-refractivity contribution in [2.75, 3.05) is 6.61 Å². The molecule has 130 valence electrons. The summed E-state index contributed by atoms with van der Waals surface area (Å²) in [5.41, 5.74) is 1.66. The minimum absolute atomic E-state index is 0.228. The van der Waals surface area contributed by atoms with Crippen molar-refractivity contribution in [3.8, 4) is 5.75 Å². The molecule has 2 aromatic carbocycles. The standard InChI is InChI=1S/C19H19BrN2O2S/c1-3-11-22-16-10-9-15(24-4-2)12-17(16)25-19(22)21-18(23)13-5-7-14(20)8-6-13/h5-10,12H,3-4,11H2,1-2H3. The van der Waals surface area contributed by atoms with E-state index >= 15 is 0 Å². The van der Waals surface area contributed by atoms with Crippen molar-refractivity contribution in [3.63, 3.8) is 0 Å². The van der Waals surface area contributed by atoms with E-state index in [2.05, 4.69) is 32.4 Å². The van der Waals surface area contributed by atoms with Gasteiger partial charge in [-0.05, 0) is 55.8 Å². The summed E-state index contributed by atoms with van der Waals surface area (Å²) in [6.45, 7) is 5.53. The van der Waals surface area contributed by atoms with E-state index in [1.165, 1.54) is 11.3 Å². The third-order valence-corrected chi connectivity index (χ3v) is 5.27. The number of ether oxygens (including phenoxy) is 1. The van der Waals surface area contributed by atoms with Gasteiger partial charge in [0.2, 0.25) is 0 Å². The molecule has 0 aliphatic carbocycles. The summed E-state index contributed by atoms with van der Waals surface area (Å²) in [5, 5.41) is 0. The van der Waals surface area contributed by atoms with Crippen LogP contribution in [0.5, 0.6) is 5.75 Å². The molecule has 0 saturated carbocycles. The summed E-state index contributed by atoms with van der Waals surface area (Å²) in [4.78, 5) is 17.6. The topological polar surface area (TPSA) is 43.6 Å². The zero-order valence-electron chi connectivity index (χ0n) is 14.2. The fourth-order valence-electron chi connectivity index (χ4n) is 2.58. The summed E-state index contributed by atoms with van der Waals surface area (Å²) in [6.07, 6.45) is 0.971. The van der Waals surface area contributed by atoms with Crippen molar-refractivity contribution in [2.24, 2.45) is 4.99 Å². The van der Waals surface area contributed by atoms with Crippen LogP contribution in [0.2, 0.25) is 0 Å². The molecule has 0 saturated heterocycles. The lowest BCUT2D eigenvalue weighted by molar-refractivity contribution is 0.0998. The molecule has 3 aromatic rings. The van der Waals surface area contributed by atoms with E-state index in [1.54, 1.807) is 12.1 Å². The minimum Gasteiger partial charge on any atom is -0.494 e. The van der Waals surface area contributed by atoms with Gasteiger partial charge in [0.25, 0.3) is 5.91 Å². The molecule has 0 aliphatic heterocycles. The monoisotopic (exact) mass is 418 g/mol. The number of carbonyl (C=O) groups is 1. The fourth-order valence-corrected chi connectivity index (χ4v) is 3.93. The quantitative estimate of drug-likeness (QED) is 0.583. The molecule has 0 spiro atoms. The number of hydrogen-bond donors (Lipinski definition) is 0. The Morgan fingerprint density at radius 2 is 1.96 bits per heavy atom. The number of thiazole rings is 1. The lowest BCUT2D eigenvalue weighted by Crippen LogP contribution is -2.16. The van der Waals surface area contributed by atoms with Crippen LogP contribution in [-0.4, -0.2) is 17.1 Å². The lowest BCUT2D eigenvalue weighted by Gasteiger charge is -2.05. The Kier molecular flexibility index (Phi) is 5.71. The van der Waals surface area contributed by atoms with Crippen molar-refractivity contribution in [3.05, 3.63) is 57.3 Å². The van der Waals surface area contributed by atoms with E-state index in [-0.39, 0.29) is 5.91 Å². The van der Waals surface area contributed by atoms with Crippen molar-refractivity contribution in [2.45, 2.75) is 26.8 Å². The first-order valence-corrected chi connectivity index (χ1v) is 9.84. The highest BCUT2D eigenvalue weighted by Crippen LogP contribution is 2.24. The van der Waals surface area contributed by atoms with Crippen molar-refractivity contribution in [1.82, 2.24) is 4.57 Å². The van der Waals surface area contributed by atoms with Crippen molar-refractivity contribution in [1.29, 1.82) is 0 Å². The van der Waals surface area contributed by atoms with Gasteiger partial charge in [0, 0.05) is 16.6 Å². The van der Waals surface area contributed by atoms with Gasteiger partial charge in [-0.2, -0.15) is 4.99 Å². The van der Waals surface area contributed by atoms with E-state index in [0.29, 0.717) is 12.2 Å². The molecule has 0 aliphatic rings. The molecule has 1 amide bonds. The largest absolute Gasteiger partial charge is 0.494 e. The number of hydrogen-bond acceptors (Lipinski definition) is 3. The molecule has 0 bridgehead atoms. The van der Waals surface area contributed by atoms with Gasteiger partial charge in [-0.3, -0.25) is 4.79 Å². The third-order valence-electron chi connectivity index (χ3n) is 3.70. The number of benzene rings is 2. The van der Waals surface area contributed by atoms with E-state index in [4.69, 9.17) is 4.74 Å². The third kappa shape index (κ3) is 4.02. The van der Waals surface area contributed by atoms with Gasteiger partial charge in [0.15, 0.2) is 4.80 Å². The van der Waals surface area contributed by atoms with Crippen LogP contribution in [-0.2, 0) is 6.54 Å². The van der Waals surface area contributed by atoms with Gasteiger partial charge in [-0.15, -0.1) is 0 Å².